The summed E-state index contributed by atoms with van der Waals surface area (Å²) in [6.07, 6.45) is 0. The molecule has 0 aliphatic heterocycles. The third-order valence-corrected chi connectivity index (χ3v) is 5.59. The van der Waals surface area contributed by atoms with Crippen LogP contribution in [0.5, 0.6) is 0 Å². The number of thiophene rings is 1. The number of halogens is 3. The third-order valence-electron chi connectivity index (χ3n) is 3.18. The first-order chi connectivity index (χ1) is 10.6. The summed E-state index contributed by atoms with van der Waals surface area (Å²) in [4.78, 5) is 12.8. The molecule has 3 rings (SSSR count). The molecule has 0 fully saturated rings. The fourth-order valence-electron chi connectivity index (χ4n) is 2.07. The minimum atomic E-state index is -0.197. The largest absolute Gasteiger partial charge is 0.347 e. The number of fused-ring (bicyclic) bond motifs is 1. The number of nitrogens with one attached hydrogen (secondary N) is 1. The van der Waals surface area contributed by atoms with Crippen molar-refractivity contribution in [2.45, 2.75) is 6.54 Å². The second-order valence-electron chi connectivity index (χ2n) is 4.67. The Labute approximate surface area is 146 Å². The standard InChI is InChI=1S/C16H10Cl3NOS/c17-11-6-5-9(7-12(11)18)8-20-16(21)15-14(19)10-3-1-2-4-13(10)22-15/h1-7H,8H2,(H,20,21). The summed E-state index contributed by atoms with van der Waals surface area (Å²) >= 11 is 19.5. The van der Waals surface area contributed by atoms with Crippen molar-refractivity contribution >= 4 is 62.1 Å². The normalized spacial score (nSPS) is 10.9. The average Bonchev–Trinajstić information content (AvgIpc) is 2.86. The van der Waals surface area contributed by atoms with Crippen molar-refractivity contribution in [1.82, 2.24) is 5.32 Å². The van der Waals surface area contributed by atoms with Crippen LogP contribution < -0.4 is 5.32 Å². The summed E-state index contributed by atoms with van der Waals surface area (Å²) in [5, 5.41) is 5.20. The molecule has 0 aliphatic rings. The maximum atomic E-state index is 12.3. The number of carbonyl (C=O) groups excluding carboxylic acids is 1. The van der Waals surface area contributed by atoms with Crippen LogP contribution in [0.25, 0.3) is 10.1 Å². The molecule has 2 aromatic carbocycles. The van der Waals surface area contributed by atoms with Crippen LogP contribution in [-0.4, -0.2) is 5.91 Å². The summed E-state index contributed by atoms with van der Waals surface area (Å²) in [6, 6.07) is 12.9. The van der Waals surface area contributed by atoms with Crippen LogP contribution in [0.15, 0.2) is 42.5 Å². The Morgan fingerprint density at radius 3 is 2.55 bits per heavy atom. The topological polar surface area (TPSA) is 29.1 Å². The maximum absolute atomic E-state index is 12.3. The van der Waals surface area contributed by atoms with Gasteiger partial charge in [-0.2, -0.15) is 0 Å². The van der Waals surface area contributed by atoms with Crippen molar-refractivity contribution < 1.29 is 4.79 Å². The van der Waals surface area contributed by atoms with E-state index >= 15 is 0 Å². The number of rotatable bonds is 3. The molecule has 1 N–H and O–H groups in total. The Morgan fingerprint density at radius 1 is 1.05 bits per heavy atom. The smallest absolute Gasteiger partial charge is 0.263 e. The monoisotopic (exact) mass is 369 g/mol. The summed E-state index contributed by atoms with van der Waals surface area (Å²) in [5.74, 6) is -0.197. The molecule has 3 aromatic rings. The predicted octanol–water partition coefficient (Wildman–Crippen LogP) is 5.79. The van der Waals surface area contributed by atoms with Gasteiger partial charge in [0, 0.05) is 16.6 Å². The zero-order chi connectivity index (χ0) is 15.7. The van der Waals surface area contributed by atoms with E-state index in [0.717, 1.165) is 15.6 Å². The lowest BCUT2D eigenvalue weighted by atomic mass is 10.2. The Balaban J connectivity index is 1.78. The van der Waals surface area contributed by atoms with Crippen molar-refractivity contribution in [3.63, 3.8) is 0 Å². The van der Waals surface area contributed by atoms with Crippen LogP contribution in [0, 0.1) is 0 Å². The van der Waals surface area contributed by atoms with E-state index in [4.69, 9.17) is 34.8 Å². The fourth-order valence-corrected chi connectivity index (χ4v) is 3.83. The number of amides is 1. The number of hydrogen-bond donors (Lipinski definition) is 1. The zero-order valence-electron chi connectivity index (χ0n) is 11.2. The summed E-state index contributed by atoms with van der Waals surface area (Å²) in [6.45, 7) is 0.361. The Morgan fingerprint density at radius 2 is 1.82 bits per heavy atom. The molecule has 1 aromatic heterocycles. The van der Waals surface area contributed by atoms with E-state index < -0.39 is 0 Å². The number of hydrogen-bond acceptors (Lipinski definition) is 2. The van der Waals surface area contributed by atoms with Gasteiger partial charge in [0.25, 0.3) is 5.91 Å². The van der Waals surface area contributed by atoms with Crippen molar-refractivity contribution in [3.05, 3.63) is 68.0 Å². The van der Waals surface area contributed by atoms with Gasteiger partial charge in [-0.1, -0.05) is 59.1 Å². The molecule has 0 saturated heterocycles. The third kappa shape index (κ3) is 3.08. The van der Waals surface area contributed by atoms with Crippen LogP contribution >= 0.6 is 46.1 Å². The SMILES string of the molecule is O=C(NCc1ccc(Cl)c(Cl)c1)c1sc2ccccc2c1Cl. The van der Waals surface area contributed by atoms with E-state index in [-0.39, 0.29) is 5.91 Å². The minimum Gasteiger partial charge on any atom is -0.347 e. The van der Waals surface area contributed by atoms with E-state index in [1.807, 2.05) is 30.3 Å². The molecule has 0 spiro atoms. The predicted molar refractivity (Wildman–Crippen MR) is 94.5 cm³/mol. The molecular formula is C16H10Cl3NOS. The summed E-state index contributed by atoms with van der Waals surface area (Å²) in [5.41, 5.74) is 0.875. The second-order valence-corrected chi connectivity index (χ2v) is 6.92. The van der Waals surface area contributed by atoms with E-state index in [0.29, 0.717) is 26.5 Å². The van der Waals surface area contributed by atoms with E-state index in [1.54, 1.807) is 12.1 Å². The minimum absolute atomic E-state index is 0.197. The van der Waals surface area contributed by atoms with Crippen molar-refractivity contribution in [2.24, 2.45) is 0 Å². The number of benzene rings is 2. The molecule has 0 unspecified atom stereocenters. The van der Waals surface area contributed by atoms with Gasteiger partial charge >= 0.3 is 0 Å². The Hall–Kier alpha value is -1.26. The van der Waals surface area contributed by atoms with Gasteiger partial charge in [-0.3, -0.25) is 4.79 Å². The van der Waals surface area contributed by atoms with Crippen molar-refractivity contribution in [3.8, 4) is 0 Å². The first-order valence-electron chi connectivity index (χ1n) is 6.45. The van der Waals surface area contributed by atoms with Gasteiger partial charge in [0.2, 0.25) is 0 Å². The van der Waals surface area contributed by atoms with Crippen molar-refractivity contribution in [1.29, 1.82) is 0 Å². The van der Waals surface area contributed by atoms with E-state index in [2.05, 4.69) is 5.32 Å². The van der Waals surface area contributed by atoms with Gasteiger partial charge in [0.1, 0.15) is 4.88 Å². The average molecular weight is 371 g/mol. The highest BCUT2D eigenvalue weighted by Crippen LogP contribution is 2.35. The molecule has 0 bridgehead atoms. The highest BCUT2D eigenvalue weighted by Gasteiger charge is 2.16. The van der Waals surface area contributed by atoms with Gasteiger partial charge in [-0.05, 0) is 23.8 Å². The van der Waals surface area contributed by atoms with Crippen LogP contribution in [-0.2, 0) is 6.54 Å². The molecule has 1 heterocycles. The van der Waals surface area contributed by atoms with Gasteiger partial charge in [0.05, 0.1) is 15.1 Å². The van der Waals surface area contributed by atoms with Crippen LogP contribution in [0.2, 0.25) is 15.1 Å². The molecule has 1 amide bonds. The maximum Gasteiger partial charge on any atom is 0.263 e. The summed E-state index contributed by atoms with van der Waals surface area (Å²) < 4.78 is 0.993. The van der Waals surface area contributed by atoms with E-state index in [1.165, 1.54) is 11.3 Å². The van der Waals surface area contributed by atoms with E-state index in [9.17, 15) is 4.79 Å². The molecule has 2 nitrogen and oxygen atoms in total. The second kappa shape index (κ2) is 6.47. The highest BCUT2D eigenvalue weighted by molar-refractivity contribution is 7.21. The Bertz CT molecular complexity index is 860. The van der Waals surface area contributed by atoms with Crippen LogP contribution in [0.1, 0.15) is 15.2 Å². The zero-order valence-corrected chi connectivity index (χ0v) is 14.3. The van der Waals surface area contributed by atoms with Crippen LogP contribution in [0.3, 0.4) is 0 Å². The molecule has 112 valence electrons. The molecular weight excluding hydrogens is 361 g/mol. The molecule has 0 radical (unpaired) electrons. The lowest BCUT2D eigenvalue weighted by molar-refractivity contribution is 0.0955. The summed E-state index contributed by atoms with van der Waals surface area (Å²) in [7, 11) is 0. The van der Waals surface area contributed by atoms with Gasteiger partial charge < -0.3 is 5.32 Å². The Kier molecular flexibility index (Phi) is 4.59. The first-order valence-corrected chi connectivity index (χ1v) is 8.40. The lowest BCUT2D eigenvalue weighted by Crippen LogP contribution is -2.22. The van der Waals surface area contributed by atoms with Crippen molar-refractivity contribution in [2.75, 3.05) is 0 Å². The first kappa shape index (κ1) is 15.6. The molecule has 0 atom stereocenters. The molecule has 0 saturated carbocycles. The highest BCUT2D eigenvalue weighted by atomic mass is 35.5. The van der Waals surface area contributed by atoms with Gasteiger partial charge in [0.15, 0.2) is 0 Å². The quantitative estimate of drug-likeness (QED) is 0.621. The molecule has 6 heteroatoms. The lowest BCUT2D eigenvalue weighted by Gasteiger charge is -2.05. The van der Waals surface area contributed by atoms with Crippen LogP contribution in [0.4, 0.5) is 0 Å². The van der Waals surface area contributed by atoms with Gasteiger partial charge in [-0.25, -0.2) is 0 Å². The molecule has 22 heavy (non-hydrogen) atoms. The molecule has 0 aliphatic carbocycles. The number of carbonyl (C=O) groups is 1. The van der Waals surface area contributed by atoms with Gasteiger partial charge in [-0.15, -0.1) is 11.3 Å². The fraction of sp³-hybridized carbons (Fsp3) is 0.0625.